The first kappa shape index (κ1) is 18.2. The van der Waals surface area contributed by atoms with Crippen LogP contribution in [0.5, 0.6) is 0 Å². The van der Waals surface area contributed by atoms with Gasteiger partial charge in [-0.05, 0) is 52.1 Å². The molecular formula is C14H26F3N3O. The van der Waals surface area contributed by atoms with E-state index >= 15 is 0 Å². The van der Waals surface area contributed by atoms with E-state index in [0.29, 0.717) is 38.4 Å². The summed E-state index contributed by atoms with van der Waals surface area (Å²) in [7, 11) is 0. The third-order valence-corrected chi connectivity index (χ3v) is 3.90. The van der Waals surface area contributed by atoms with Crippen LogP contribution >= 0.6 is 0 Å². The van der Waals surface area contributed by atoms with Crippen LogP contribution in [-0.2, 0) is 4.79 Å². The minimum absolute atomic E-state index is 0.361. The molecule has 7 heteroatoms. The van der Waals surface area contributed by atoms with Gasteiger partial charge in [0.15, 0.2) is 0 Å². The second-order valence-corrected chi connectivity index (χ2v) is 6.06. The van der Waals surface area contributed by atoms with Crippen molar-refractivity contribution in [3.8, 4) is 0 Å². The molecule has 0 bridgehead atoms. The highest BCUT2D eigenvalue weighted by atomic mass is 19.4. The number of amides is 1. The number of nitrogens with zero attached hydrogens (tertiary/aromatic N) is 1. The van der Waals surface area contributed by atoms with Crippen molar-refractivity contribution < 1.29 is 18.0 Å². The number of carbonyl (C=O) groups is 1. The average molecular weight is 309 g/mol. The summed E-state index contributed by atoms with van der Waals surface area (Å²) in [6, 6.07) is 0.361. The standard InChI is InChI=1S/C14H26F3N3O/c1-3-20(10-14(15,16)17)9-5-4-8-13(2,12(18)21)19-11-6-7-11/h11,19H,3-10H2,1-2H3,(H2,18,21). The van der Waals surface area contributed by atoms with Crippen LogP contribution in [0.15, 0.2) is 0 Å². The van der Waals surface area contributed by atoms with Gasteiger partial charge in [-0.2, -0.15) is 13.2 Å². The number of carbonyl (C=O) groups excluding carboxylic acids is 1. The Morgan fingerprint density at radius 3 is 2.38 bits per heavy atom. The third kappa shape index (κ3) is 7.13. The molecular weight excluding hydrogens is 283 g/mol. The molecule has 1 fully saturated rings. The molecule has 4 nitrogen and oxygen atoms in total. The van der Waals surface area contributed by atoms with Gasteiger partial charge in [-0.3, -0.25) is 9.69 Å². The van der Waals surface area contributed by atoms with Crippen LogP contribution in [0.4, 0.5) is 13.2 Å². The maximum absolute atomic E-state index is 12.3. The van der Waals surface area contributed by atoms with Gasteiger partial charge >= 0.3 is 6.18 Å². The van der Waals surface area contributed by atoms with Crippen LogP contribution in [0.2, 0.25) is 0 Å². The van der Waals surface area contributed by atoms with E-state index in [1.165, 1.54) is 4.90 Å². The van der Waals surface area contributed by atoms with Crippen molar-refractivity contribution >= 4 is 5.91 Å². The molecule has 1 atom stereocenters. The molecule has 1 aliphatic carbocycles. The van der Waals surface area contributed by atoms with E-state index in [4.69, 9.17) is 5.73 Å². The molecule has 0 saturated heterocycles. The minimum Gasteiger partial charge on any atom is -0.368 e. The lowest BCUT2D eigenvalue weighted by Crippen LogP contribution is -2.54. The number of alkyl halides is 3. The molecule has 1 saturated carbocycles. The molecule has 1 rings (SSSR count). The van der Waals surface area contributed by atoms with Gasteiger partial charge in [-0.25, -0.2) is 0 Å². The van der Waals surface area contributed by atoms with E-state index in [0.717, 1.165) is 12.8 Å². The molecule has 124 valence electrons. The Bertz CT molecular complexity index is 345. The van der Waals surface area contributed by atoms with E-state index in [1.54, 1.807) is 13.8 Å². The molecule has 1 aliphatic rings. The van der Waals surface area contributed by atoms with Crippen LogP contribution in [0.1, 0.15) is 46.0 Å². The first-order valence-electron chi connectivity index (χ1n) is 7.53. The lowest BCUT2D eigenvalue weighted by Gasteiger charge is -2.28. The quantitative estimate of drug-likeness (QED) is 0.607. The molecule has 0 aliphatic heterocycles. The van der Waals surface area contributed by atoms with E-state index in [-0.39, 0.29) is 0 Å². The molecule has 0 radical (unpaired) electrons. The average Bonchev–Trinajstić information content (AvgIpc) is 3.15. The van der Waals surface area contributed by atoms with Crippen LogP contribution in [0, 0.1) is 0 Å². The van der Waals surface area contributed by atoms with Crippen molar-refractivity contribution in [3.05, 3.63) is 0 Å². The molecule has 1 amide bonds. The molecule has 21 heavy (non-hydrogen) atoms. The largest absolute Gasteiger partial charge is 0.401 e. The van der Waals surface area contributed by atoms with Crippen LogP contribution < -0.4 is 11.1 Å². The highest BCUT2D eigenvalue weighted by Crippen LogP contribution is 2.25. The van der Waals surface area contributed by atoms with Gasteiger partial charge in [0, 0.05) is 6.04 Å². The first-order valence-corrected chi connectivity index (χ1v) is 7.53. The Morgan fingerprint density at radius 2 is 1.95 bits per heavy atom. The van der Waals surface area contributed by atoms with E-state index in [2.05, 4.69) is 5.32 Å². The summed E-state index contributed by atoms with van der Waals surface area (Å²) in [6.45, 7) is 3.37. The number of nitrogens with two attached hydrogens (primary N) is 1. The maximum Gasteiger partial charge on any atom is 0.401 e. The molecule has 1 unspecified atom stereocenters. The maximum atomic E-state index is 12.3. The van der Waals surface area contributed by atoms with Crippen molar-refractivity contribution in [2.45, 2.75) is 63.7 Å². The number of hydrogen-bond donors (Lipinski definition) is 2. The number of unbranched alkanes of at least 4 members (excludes halogenated alkanes) is 1. The Balaban J connectivity index is 2.31. The monoisotopic (exact) mass is 309 g/mol. The van der Waals surface area contributed by atoms with Gasteiger partial charge < -0.3 is 11.1 Å². The fourth-order valence-electron chi connectivity index (χ4n) is 2.36. The second kappa shape index (κ2) is 7.45. The van der Waals surface area contributed by atoms with Crippen LogP contribution in [0.25, 0.3) is 0 Å². The van der Waals surface area contributed by atoms with Gasteiger partial charge in [0.05, 0.1) is 12.1 Å². The van der Waals surface area contributed by atoms with Gasteiger partial charge in [0.1, 0.15) is 0 Å². The Labute approximate surface area is 124 Å². The molecule has 0 aromatic heterocycles. The van der Waals surface area contributed by atoms with Crippen molar-refractivity contribution in [1.82, 2.24) is 10.2 Å². The van der Waals surface area contributed by atoms with Crippen molar-refractivity contribution in [3.63, 3.8) is 0 Å². The second-order valence-electron chi connectivity index (χ2n) is 6.06. The highest BCUT2D eigenvalue weighted by molar-refractivity contribution is 5.84. The summed E-state index contributed by atoms with van der Waals surface area (Å²) >= 11 is 0. The topological polar surface area (TPSA) is 58.4 Å². The number of rotatable bonds is 10. The Kier molecular flexibility index (Phi) is 6.46. The number of nitrogens with one attached hydrogen (secondary N) is 1. The fraction of sp³-hybridized carbons (Fsp3) is 0.929. The zero-order chi connectivity index (χ0) is 16.1. The fourth-order valence-corrected chi connectivity index (χ4v) is 2.36. The van der Waals surface area contributed by atoms with Gasteiger partial charge in [0.2, 0.25) is 5.91 Å². The van der Waals surface area contributed by atoms with Gasteiger partial charge in [0.25, 0.3) is 0 Å². The minimum atomic E-state index is -4.16. The van der Waals surface area contributed by atoms with Crippen molar-refractivity contribution in [1.29, 1.82) is 0 Å². The Morgan fingerprint density at radius 1 is 1.33 bits per heavy atom. The van der Waals surface area contributed by atoms with Gasteiger partial charge in [-0.1, -0.05) is 6.92 Å². The molecule has 3 N–H and O–H groups in total. The number of hydrogen-bond acceptors (Lipinski definition) is 3. The number of halogens is 3. The predicted molar refractivity (Wildman–Crippen MR) is 75.8 cm³/mol. The Hall–Kier alpha value is -0.820. The molecule has 0 aromatic rings. The third-order valence-electron chi connectivity index (χ3n) is 3.90. The summed E-state index contributed by atoms with van der Waals surface area (Å²) in [6.07, 6.45) is -0.198. The zero-order valence-corrected chi connectivity index (χ0v) is 12.8. The summed E-state index contributed by atoms with van der Waals surface area (Å²) in [5.41, 5.74) is 4.69. The van der Waals surface area contributed by atoms with Crippen molar-refractivity contribution in [2.24, 2.45) is 5.73 Å². The SMILES string of the molecule is CCN(CCCCC(C)(NC1CC1)C(N)=O)CC(F)(F)F. The molecule has 0 heterocycles. The summed E-state index contributed by atoms with van der Waals surface area (Å²) in [5.74, 6) is -0.392. The first-order chi connectivity index (χ1) is 9.66. The lowest BCUT2D eigenvalue weighted by molar-refractivity contribution is -0.145. The van der Waals surface area contributed by atoms with Crippen LogP contribution in [0.3, 0.4) is 0 Å². The van der Waals surface area contributed by atoms with E-state index < -0.39 is 24.2 Å². The summed E-state index contributed by atoms with van der Waals surface area (Å²) in [5, 5.41) is 3.24. The lowest BCUT2D eigenvalue weighted by atomic mass is 9.93. The predicted octanol–water partition coefficient (Wildman–Crippen LogP) is 2.04. The summed E-state index contributed by atoms with van der Waals surface area (Å²) < 4.78 is 37.0. The highest BCUT2D eigenvalue weighted by Gasteiger charge is 2.36. The van der Waals surface area contributed by atoms with E-state index in [1.807, 2.05) is 0 Å². The normalized spacial score (nSPS) is 18.8. The van der Waals surface area contributed by atoms with E-state index in [9.17, 15) is 18.0 Å². The van der Waals surface area contributed by atoms with Crippen LogP contribution in [-0.4, -0.2) is 48.2 Å². The molecule has 0 aromatic carbocycles. The summed E-state index contributed by atoms with van der Waals surface area (Å²) in [4.78, 5) is 12.9. The van der Waals surface area contributed by atoms with Crippen molar-refractivity contribution in [2.75, 3.05) is 19.6 Å². The molecule has 0 spiro atoms. The smallest absolute Gasteiger partial charge is 0.368 e. The number of primary amides is 1. The zero-order valence-electron chi connectivity index (χ0n) is 12.8. The van der Waals surface area contributed by atoms with Gasteiger partial charge in [-0.15, -0.1) is 0 Å².